The molecule has 1 saturated carbocycles. The van der Waals surface area contributed by atoms with E-state index in [1.54, 1.807) is 0 Å². The molecule has 7 heteroatoms. The predicted molar refractivity (Wildman–Crippen MR) is 100 cm³/mol. The first-order valence-corrected chi connectivity index (χ1v) is 9.26. The largest absolute Gasteiger partial charge is 0.444 e. The predicted octanol–water partition coefficient (Wildman–Crippen LogP) is 4.12. The zero-order valence-corrected chi connectivity index (χ0v) is 15.8. The standard InChI is InChI=1S/C20H24N4O3/c1-20(2,3)26-19(25)23-17(12-8-9-12)18-22-16(27-24-18)10-13-11-21-15-7-5-4-6-14(13)15/h4-7,11-12,17,21H,8-10H2,1-3H3,(H,23,25)/t17-/m1/s1. The Kier molecular flexibility index (Phi) is 4.37. The minimum Gasteiger partial charge on any atom is -0.444 e. The number of carbonyl (C=O) groups is 1. The molecule has 1 aliphatic carbocycles. The molecule has 4 rings (SSSR count). The second kappa shape index (κ2) is 6.72. The van der Waals surface area contributed by atoms with Crippen LogP contribution in [0.2, 0.25) is 0 Å². The van der Waals surface area contributed by atoms with E-state index in [9.17, 15) is 4.79 Å². The van der Waals surface area contributed by atoms with Crippen molar-refractivity contribution in [1.82, 2.24) is 20.4 Å². The first-order valence-electron chi connectivity index (χ1n) is 9.26. The highest BCUT2D eigenvalue weighted by molar-refractivity contribution is 5.83. The number of rotatable bonds is 5. The van der Waals surface area contributed by atoms with Gasteiger partial charge in [0.25, 0.3) is 0 Å². The normalized spacial score (nSPS) is 15.7. The topological polar surface area (TPSA) is 93.0 Å². The number of H-pyrrole nitrogens is 1. The fraction of sp³-hybridized carbons (Fsp3) is 0.450. The number of alkyl carbamates (subject to hydrolysis) is 1. The van der Waals surface area contributed by atoms with Gasteiger partial charge in [-0.15, -0.1) is 0 Å². The third-order valence-electron chi connectivity index (χ3n) is 4.54. The maximum Gasteiger partial charge on any atom is 0.408 e. The average molecular weight is 368 g/mol. The number of nitrogens with one attached hydrogen (secondary N) is 2. The summed E-state index contributed by atoms with van der Waals surface area (Å²) in [5.74, 6) is 1.38. The van der Waals surface area contributed by atoms with Gasteiger partial charge in [-0.3, -0.25) is 0 Å². The highest BCUT2D eigenvalue weighted by Gasteiger charge is 2.37. The molecule has 0 saturated heterocycles. The summed E-state index contributed by atoms with van der Waals surface area (Å²) in [5.41, 5.74) is 1.63. The number of aromatic amines is 1. The number of para-hydroxylation sites is 1. The lowest BCUT2D eigenvalue weighted by molar-refractivity contribution is 0.0494. The molecule has 1 atom stereocenters. The maximum absolute atomic E-state index is 12.2. The van der Waals surface area contributed by atoms with Gasteiger partial charge in [-0.05, 0) is 51.2 Å². The summed E-state index contributed by atoms with van der Waals surface area (Å²) < 4.78 is 10.8. The van der Waals surface area contributed by atoms with Crippen molar-refractivity contribution >= 4 is 17.0 Å². The zero-order valence-electron chi connectivity index (χ0n) is 15.8. The van der Waals surface area contributed by atoms with Crippen molar-refractivity contribution in [3.05, 3.63) is 47.7 Å². The third-order valence-corrected chi connectivity index (χ3v) is 4.54. The van der Waals surface area contributed by atoms with Gasteiger partial charge in [0.05, 0.1) is 12.5 Å². The number of aromatic nitrogens is 3. The van der Waals surface area contributed by atoms with Crippen molar-refractivity contribution in [2.75, 3.05) is 0 Å². The van der Waals surface area contributed by atoms with Gasteiger partial charge in [0, 0.05) is 17.1 Å². The fourth-order valence-electron chi connectivity index (χ4n) is 3.16. The van der Waals surface area contributed by atoms with E-state index in [1.807, 2.05) is 45.2 Å². The van der Waals surface area contributed by atoms with Crippen molar-refractivity contribution in [2.45, 2.75) is 51.7 Å². The molecule has 142 valence electrons. The van der Waals surface area contributed by atoms with Crippen LogP contribution in [0.15, 0.2) is 35.0 Å². The Balaban J connectivity index is 1.49. The van der Waals surface area contributed by atoms with E-state index < -0.39 is 11.7 Å². The van der Waals surface area contributed by atoms with Crippen LogP contribution in [0, 0.1) is 5.92 Å². The SMILES string of the molecule is CC(C)(C)OC(=O)N[C@@H](c1noc(Cc2c[nH]c3ccccc23)n1)C1CC1. The van der Waals surface area contributed by atoms with Crippen molar-refractivity contribution in [3.63, 3.8) is 0 Å². The van der Waals surface area contributed by atoms with Gasteiger partial charge in [0.1, 0.15) is 5.60 Å². The highest BCUT2D eigenvalue weighted by Crippen LogP contribution is 2.40. The van der Waals surface area contributed by atoms with Crippen LogP contribution in [-0.2, 0) is 11.2 Å². The van der Waals surface area contributed by atoms with Crippen molar-refractivity contribution in [3.8, 4) is 0 Å². The summed E-state index contributed by atoms with van der Waals surface area (Å²) in [6, 6.07) is 7.82. The van der Waals surface area contributed by atoms with Gasteiger partial charge < -0.3 is 19.6 Å². The van der Waals surface area contributed by atoms with E-state index in [1.165, 1.54) is 0 Å². The Labute approximate surface area is 157 Å². The number of nitrogens with zero attached hydrogens (tertiary/aromatic N) is 2. The molecule has 7 nitrogen and oxygen atoms in total. The quantitative estimate of drug-likeness (QED) is 0.707. The number of benzene rings is 1. The van der Waals surface area contributed by atoms with Gasteiger partial charge in [0.15, 0.2) is 5.82 Å². The molecule has 1 amide bonds. The van der Waals surface area contributed by atoms with Crippen molar-refractivity contribution in [1.29, 1.82) is 0 Å². The smallest absolute Gasteiger partial charge is 0.408 e. The first-order chi connectivity index (χ1) is 12.9. The molecule has 0 radical (unpaired) electrons. The summed E-state index contributed by atoms with van der Waals surface area (Å²) in [4.78, 5) is 20.0. The van der Waals surface area contributed by atoms with Crippen LogP contribution >= 0.6 is 0 Å². The van der Waals surface area contributed by atoms with Gasteiger partial charge in [-0.25, -0.2) is 4.79 Å². The summed E-state index contributed by atoms with van der Waals surface area (Å²) in [5, 5.41) is 8.16. The van der Waals surface area contributed by atoms with E-state index in [0.717, 1.165) is 29.3 Å². The molecule has 1 aromatic carbocycles. The Morgan fingerprint density at radius 3 is 2.89 bits per heavy atom. The molecule has 2 heterocycles. The molecular weight excluding hydrogens is 344 g/mol. The number of hydrogen-bond donors (Lipinski definition) is 2. The monoisotopic (exact) mass is 368 g/mol. The molecule has 1 fully saturated rings. The first kappa shape index (κ1) is 17.6. The Hall–Kier alpha value is -2.83. The summed E-state index contributed by atoms with van der Waals surface area (Å²) >= 11 is 0. The minimum absolute atomic E-state index is 0.277. The summed E-state index contributed by atoms with van der Waals surface area (Å²) in [6.45, 7) is 5.52. The lowest BCUT2D eigenvalue weighted by Crippen LogP contribution is -2.36. The second-order valence-electron chi connectivity index (χ2n) is 8.04. The Morgan fingerprint density at radius 2 is 2.15 bits per heavy atom. The van der Waals surface area contributed by atoms with Crippen LogP contribution in [0.3, 0.4) is 0 Å². The molecule has 2 aromatic heterocycles. The van der Waals surface area contributed by atoms with Crippen molar-refractivity contribution in [2.24, 2.45) is 5.92 Å². The fourth-order valence-corrected chi connectivity index (χ4v) is 3.16. The van der Waals surface area contributed by atoms with E-state index in [0.29, 0.717) is 24.1 Å². The highest BCUT2D eigenvalue weighted by atomic mass is 16.6. The summed E-state index contributed by atoms with van der Waals surface area (Å²) in [7, 11) is 0. The number of ether oxygens (including phenoxy) is 1. The third kappa shape index (κ3) is 4.13. The van der Waals surface area contributed by atoms with Crippen molar-refractivity contribution < 1.29 is 14.1 Å². The van der Waals surface area contributed by atoms with Crippen LogP contribution in [0.4, 0.5) is 4.79 Å². The van der Waals surface area contributed by atoms with Gasteiger partial charge >= 0.3 is 6.09 Å². The molecule has 0 bridgehead atoms. The molecule has 0 spiro atoms. The lowest BCUT2D eigenvalue weighted by atomic mass is 10.1. The van der Waals surface area contributed by atoms with Gasteiger partial charge in [-0.1, -0.05) is 23.4 Å². The molecule has 1 aliphatic rings. The summed E-state index contributed by atoms with van der Waals surface area (Å²) in [6.07, 6.45) is 4.12. The van der Waals surface area contributed by atoms with Crippen LogP contribution in [0.25, 0.3) is 10.9 Å². The molecular formula is C20H24N4O3. The van der Waals surface area contributed by atoms with Crippen LogP contribution in [-0.4, -0.2) is 26.8 Å². The van der Waals surface area contributed by atoms with Crippen LogP contribution < -0.4 is 5.32 Å². The number of carbonyl (C=O) groups excluding carboxylic acids is 1. The Morgan fingerprint density at radius 1 is 1.37 bits per heavy atom. The average Bonchev–Trinajstić information content (AvgIpc) is 3.21. The number of hydrogen-bond acceptors (Lipinski definition) is 5. The van der Waals surface area contributed by atoms with E-state index >= 15 is 0 Å². The van der Waals surface area contributed by atoms with Crippen LogP contribution in [0.5, 0.6) is 0 Å². The maximum atomic E-state index is 12.2. The zero-order chi connectivity index (χ0) is 19.0. The number of amides is 1. The molecule has 2 N–H and O–H groups in total. The lowest BCUT2D eigenvalue weighted by Gasteiger charge is -2.22. The van der Waals surface area contributed by atoms with Crippen LogP contribution in [0.1, 0.15) is 56.9 Å². The van der Waals surface area contributed by atoms with E-state index in [4.69, 9.17) is 9.26 Å². The second-order valence-corrected chi connectivity index (χ2v) is 8.04. The number of fused-ring (bicyclic) bond motifs is 1. The molecule has 0 aliphatic heterocycles. The minimum atomic E-state index is -0.546. The van der Waals surface area contributed by atoms with Gasteiger partial charge in [-0.2, -0.15) is 4.98 Å². The molecule has 0 unspecified atom stereocenters. The molecule has 27 heavy (non-hydrogen) atoms. The van der Waals surface area contributed by atoms with E-state index in [-0.39, 0.29) is 6.04 Å². The molecule has 3 aromatic rings. The van der Waals surface area contributed by atoms with Gasteiger partial charge in [0.2, 0.25) is 5.89 Å². The Bertz CT molecular complexity index is 949. The van der Waals surface area contributed by atoms with E-state index in [2.05, 4.69) is 26.5 Å².